The molecular formula is C20H31NO3. The maximum absolute atomic E-state index is 12.0. The Labute approximate surface area is 145 Å². The van der Waals surface area contributed by atoms with Crippen molar-refractivity contribution in [1.82, 2.24) is 4.90 Å². The molecule has 4 heteroatoms. The molecule has 2 rings (SSSR count). The minimum atomic E-state index is -0.0970. The number of esters is 1. The van der Waals surface area contributed by atoms with Crippen LogP contribution in [-0.4, -0.2) is 35.7 Å². The zero-order valence-corrected chi connectivity index (χ0v) is 15.7. The number of hydrogen-bond acceptors (Lipinski definition) is 4. The van der Waals surface area contributed by atoms with Crippen LogP contribution in [-0.2, 0) is 21.5 Å². The number of aryl methyl sites for hydroxylation is 1. The van der Waals surface area contributed by atoms with Crippen LogP contribution in [0.5, 0.6) is 5.75 Å². The second-order valence-corrected chi connectivity index (χ2v) is 7.90. The van der Waals surface area contributed by atoms with Crippen LogP contribution in [0.4, 0.5) is 0 Å². The Morgan fingerprint density at radius 2 is 2.08 bits per heavy atom. The predicted molar refractivity (Wildman–Crippen MR) is 96.2 cm³/mol. The summed E-state index contributed by atoms with van der Waals surface area (Å²) in [5.41, 5.74) is 2.99. The molecule has 0 unspecified atom stereocenters. The van der Waals surface area contributed by atoms with Gasteiger partial charge < -0.3 is 9.84 Å². The third-order valence-corrected chi connectivity index (χ3v) is 4.66. The van der Waals surface area contributed by atoms with Gasteiger partial charge >= 0.3 is 5.97 Å². The predicted octanol–water partition coefficient (Wildman–Crippen LogP) is 3.77. The first kappa shape index (κ1) is 18.8. The molecule has 1 aromatic carbocycles. The summed E-state index contributed by atoms with van der Waals surface area (Å²) in [5.74, 6) is 0.255. The Morgan fingerprint density at radius 3 is 2.71 bits per heavy atom. The summed E-state index contributed by atoms with van der Waals surface area (Å²) in [7, 11) is 0. The molecule has 0 aliphatic carbocycles. The number of aromatic hydroxyl groups is 1. The smallest absolute Gasteiger partial charge is 0.310 e. The Hall–Kier alpha value is -1.55. The monoisotopic (exact) mass is 333 g/mol. The van der Waals surface area contributed by atoms with Gasteiger partial charge in [-0.2, -0.15) is 0 Å². The van der Waals surface area contributed by atoms with Gasteiger partial charge in [-0.1, -0.05) is 38.5 Å². The molecule has 1 aliphatic rings. The number of nitrogens with zero attached hydrogens (tertiary/aromatic N) is 1. The van der Waals surface area contributed by atoms with E-state index in [1.807, 2.05) is 6.92 Å². The zero-order valence-electron chi connectivity index (χ0n) is 15.7. The van der Waals surface area contributed by atoms with Crippen LogP contribution >= 0.6 is 0 Å². The molecule has 0 aromatic heterocycles. The summed E-state index contributed by atoms with van der Waals surface area (Å²) in [6.07, 6.45) is 1.88. The second kappa shape index (κ2) is 7.56. The largest absolute Gasteiger partial charge is 0.507 e. The molecule has 1 N–H and O–H groups in total. The maximum Gasteiger partial charge on any atom is 0.310 e. The minimum Gasteiger partial charge on any atom is -0.507 e. The highest BCUT2D eigenvalue weighted by Crippen LogP contribution is 2.35. The standard InChI is InChI=1S/C20H31NO3/c1-6-24-19(23)15-8-7-9-21(12-15)13-16-10-14(2)11-17(18(16)22)20(3,4)5/h10-11,15,22H,6-9,12-13H2,1-5H3/t15-/m0/s1. The van der Waals surface area contributed by atoms with Crippen molar-refractivity contribution in [3.05, 3.63) is 28.8 Å². The van der Waals surface area contributed by atoms with Gasteiger partial charge in [0.2, 0.25) is 0 Å². The van der Waals surface area contributed by atoms with E-state index < -0.39 is 0 Å². The van der Waals surface area contributed by atoms with Crippen LogP contribution in [0.2, 0.25) is 0 Å². The molecule has 0 amide bonds. The topological polar surface area (TPSA) is 49.8 Å². The molecular weight excluding hydrogens is 302 g/mol. The van der Waals surface area contributed by atoms with Crippen LogP contribution in [0.25, 0.3) is 0 Å². The molecule has 1 heterocycles. The highest BCUT2D eigenvalue weighted by molar-refractivity contribution is 5.72. The van der Waals surface area contributed by atoms with E-state index in [1.54, 1.807) is 0 Å². The van der Waals surface area contributed by atoms with E-state index in [-0.39, 0.29) is 17.3 Å². The zero-order chi connectivity index (χ0) is 17.9. The quantitative estimate of drug-likeness (QED) is 0.852. The average Bonchev–Trinajstić information content (AvgIpc) is 2.50. The Kier molecular flexibility index (Phi) is 5.92. The fraction of sp³-hybridized carbons (Fsp3) is 0.650. The minimum absolute atomic E-state index is 0.0484. The Bertz CT molecular complexity index is 589. The fourth-order valence-corrected chi connectivity index (χ4v) is 3.44. The van der Waals surface area contributed by atoms with Gasteiger partial charge in [0, 0.05) is 18.7 Å². The number of piperidine rings is 1. The molecule has 0 saturated carbocycles. The van der Waals surface area contributed by atoms with Crippen molar-refractivity contribution in [2.24, 2.45) is 5.92 Å². The third-order valence-electron chi connectivity index (χ3n) is 4.66. The molecule has 4 nitrogen and oxygen atoms in total. The van der Waals surface area contributed by atoms with Crippen molar-refractivity contribution in [3.63, 3.8) is 0 Å². The average molecular weight is 333 g/mol. The highest BCUT2D eigenvalue weighted by atomic mass is 16.5. The number of hydrogen-bond donors (Lipinski definition) is 1. The van der Waals surface area contributed by atoms with Crippen LogP contribution in [0, 0.1) is 12.8 Å². The highest BCUT2D eigenvalue weighted by Gasteiger charge is 2.28. The third kappa shape index (κ3) is 4.50. The van der Waals surface area contributed by atoms with E-state index in [1.165, 1.54) is 0 Å². The number of phenols is 1. The number of carbonyl (C=O) groups is 1. The van der Waals surface area contributed by atoms with Gasteiger partial charge in [-0.3, -0.25) is 9.69 Å². The van der Waals surface area contributed by atoms with E-state index in [0.717, 1.165) is 36.1 Å². The van der Waals surface area contributed by atoms with Crippen molar-refractivity contribution in [2.75, 3.05) is 19.7 Å². The number of rotatable bonds is 4. The molecule has 1 aromatic rings. The molecule has 0 bridgehead atoms. The van der Waals surface area contributed by atoms with Crippen LogP contribution in [0.3, 0.4) is 0 Å². The number of benzene rings is 1. The number of carbonyl (C=O) groups excluding carboxylic acids is 1. The Morgan fingerprint density at radius 1 is 1.38 bits per heavy atom. The van der Waals surface area contributed by atoms with Gasteiger partial charge in [-0.15, -0.1) is 0 Å². The first-order valence-corrected chi connectivity index (χ1v) is 8.94. The summed E-state index contributed by atoms with van der Waals surface area (Å²) < 4.78 is 5.17. The van der Waals surface area contributed by atoms with Gasteiger partial charge in [-0.05, 0) is 44.2 Å². The summed E-state index contributed by atoms with van der Waals surface area (Å²) >= 11 is 0. The fourth-order valence-electron chi connectivity index (χ4n) is 3.44. The van der Waals surface area contributed by atoms with E-state index in [0.29, 0.717) is 25.4 Å². The Balaban J connectivity index is 2.16. The summed E-state index contributed by atoms with van der Waals surface area (Å²) in [4.78, 5) is 14.3. The molecule has 1 fully saturated rings. The number of phenolic OH excluding ortho intramolecular Hbond substituents is 1. The SMILES string of the molecule is CCOC(=O)[C@H]1CCCN(Cc2cc(C)cc(C(C)(C)C)c2O)C1. The lowest BCUT2D eigenvalue weighted by Crippen LogP contribution is -2.39. The van der Waals surface area contributed by atoms with E-state index in [4.69, 9.17) is 4.74 Å². The normalized spacial score (nSPS) is 19.3. The first-order chi connectivity index (χ1) is 11.2. The number of ether oxygens (including phenoxy) is 1. The van der Waals surface area contributed by atoms with Crippen molar-refractivity contribution >= 4 is 5.97 Å². The van der Waals surface area contributed by atoms with Gasteiger partial charge in [0.1, 0.15) is 5.75 Å². The molecule has 134 valence electrons. The van der Waals surface area contributed by atoms with Crippen molar-refractivity contribution < 1.29 is 14.6 Å². The van der Waals surface area contributed by atoms with Crippen molar-refractivity contribution in [2.45, 2.75) is 59.4 Å². The lowest BCUT2D eigenvalue weighted by molar-refractivity contribution is -0.150. The van der Waals surface area contributed by atoms with Crippen molar-refractivity contribution in [1.29, 1.82) is 0 Å². The van der Waals surface area contributed by atoms with Crippen LogP contribution in [0.1, 0.15) is 57.2 Å². The first-order valence-electron chi connectivity index (χ1n) is 8.94. The van der Waals surface area contributed by atoms with Gasteiger partial charge in [0.05, 0.1) is 12.5 Å². The molecule has 1 aliphatic heterocycles. The van der Waals surface area contributed by atoms with Crippen molar-refractivity contribution in [3.8, 4) is 5.75 Å². The second-order valence-electron chi connectivity index (χ2n) is 7.90. The molecule has 1 saturated heterocycles. The van der Waals surface area contributed by atoms with E-state index >= 15 is 0 Å². The van der Waals surface area contributed by atoms with Crippen LogP contribution in [0.15, 0.2) is 12.1 Å². The maximum atomic E-state index is 12.0. The lowest BCUT2D eigenvalue weighted by atomic mass is 9.84. The number of likely N-dealkylation sites (tertiary alicyclic amines) is 1. The molecule has 0 spiro atoms. The summed E-state index contributed by atoms with van der Waals surface area (Å²) in [6.45, 7) is 13.0. The molecule has 24 heavy (non-hydrogen) atoms. The van der Waals surface area contributed by atoms with Gasteiger partial charge in [0.15, 0.2) is 0 Å². The van der Waals surface area contributed by atoms with Gasteiger partial charge in [0.25, 0.3) is 0 Å². The van der Waals surface area contributed by atoms with E-state index in [9.17, 15) is 9.90 Å². The lowest BCUT2D eigenvalue weighted by Gasteiger charge is -2.32. The van der Waals surface area contributed by atoms with Crippen LogP contribution < -0.4 is 0 Å². The summed E-state index contributed by atoms with van der Waals surface area (Å²) in [6, 6.07) is 4.12. The van der Waals surface area contributed by atoms with Gasteiger partial charge in [-0.25, -0.2) is 0 Å². The molecule has 0 radical (unpaired) electrons. The molecule has 1 atom stereocenters. The summed E-state index contributed by atoms with van der Waals surface area (Å²) in [5, 5.41) is 10.7. The van der Waals surface area contributed by atoms with E-state index in [2.05, 4.69) is 44.7 Å².